The number of benzene rings is 3. The summed E-state index contributed by atoms with van der Waals surface area (Å²) in [5.41, 5.74) is 4.50. The Bertz CT molecular complexity index is 1000. The Morgan fingerprint density at radius 1 is 0.633 bits per heavy atom. The number of para-hydroxylation sites is 2. The van der Waals surface area contributed by atoms with Crippen molar-refractivity contribution in [3.05, 3.63) is 71.8 Å². The van der Waals surface area contributed by atoms with Crippen LogP contribution in [0.1, 0.15) is 11.1 Å². The number of aliphatic imine (C=N–C) groups is 2. The van der Waals surface area contributed by atoms with Gasteiger partial charge in [0, 0.05) is 63.1 Å². The molecule has 0 bridgehead atoms. The summed E-state index contributed by atoms with van der Waals surface area (Å²) in [6.45, 7) is 0. The summed E-state index contributed by atoms with van der Waals surface area (Å²) in [5, 5.41) is 20.3. The fourth-order valence-electron chi connectivity index (χ4n) is 2.81. The van der Waals surface area contributed by atoms with Crippen LogP contribution in [0.3, 0.4) is 0 Å². The lowest BCUT2D eigenvalue weighted by Crippen LogP contribution is -2.08. The first-order chi connectivity index (χ1) is 14.3. The molecule has 3 rings (SSSR count). The summed E-state index contributed by atoms with van der Waals surface area (Å²) in [4.78, 5) is 13.0. The molecule has 0 aliphatic rings. The fourth-order valence-corrected chi connectivity index (χ4v) is 2.81. The second-order valence-corrected chi connectivity index (χ2v) is 7.28. The highest BCUT2D eigenvalue weighted by Crippen LogP contribution is 2.29. The molecular formula is C24H26N4O2. The van der Waals surface area contributed by atoms with Crippen LogP contribution in [-0.2, 0) is 0 Å². The number of hydrogen-bond donors (Lipinski definition) is 2. The molecule has 0 radical (unpaired) electrons. The first-order valence-electron chi connectivity index (χ1n) is 9.53. The number of hydrogen-bond acceptors (Lipinski definition) is 6. The lowest BCUT2D eigenvalue weighted by molar-refractivity contribution is 0.474. The van der Waals surface area contributed by atoms with Crippen LogP contribution in [0.4, 0.5) is 22.7 Å². The lowest BCUT2D eigenvalue weighted by Gasteiger charge is -2.13. The number of anilines is 2. The van der Waals surface area contributed by atoms with E-state index in [0.29, 0.717) is 22.5 Å². The molecule has 0 aromatic heterocycles. The monoisotopic (exact) mass is 402 g/mol. The van der Waals surface area contributed by atoms with Crippen LogP contribution < -0.4 is 9.80 Å². The zero-order valence-corrected chi connectivity index (χ0v) is 17.6. The summed E-state index contributed by atoms with van der Waals surface area (Å²) in [5.74, 6) is 0.325. The molecule has 0 saturated heterocycles. The normalized spacial score (nSPS) is 11.3. The molecule has 0 atom stereocenters. The van der Waals surface area contributed by atoms with E-state index < -0.39 is 0 Å². The first-order valence-corrected chi connectivity index (χ1v) is 9.53. The molecule has 154 valence electrons. The zero-order chi connectivity index (χ0) is 21.7. The van der Waals surface area contributed by atoms with E-state index in [1.807, 2.05) is 86.5 Å². The van der Waals surface area contributed by atoms with Gasteiger partial charge in [-0.15, -0.1) is 0 Å². The van der Waals surface area contributed by atoms with Crippen molar-refractivity contribution in [3.63, 3.8) is 0 Å². The summed E-state index contributed by atoms with van der Waals surface area (Å²) in [7, 11) is 7.77. The Hall–Kier alpha value is -3.80. The lowest BCUT2D eigenvalue weighted by atomic mass is 10.1. The highest BCUT2D eigenvalue weighted by atomic mass is 16.3. The summed E-state index contributed by atoms with van der Waals surface area (Å²) < 4.78 is 0. The largest absolute Gasteiger partial charge is 0.507 e. The maximum atomic E-state index is 10.1. The van der Waals surface area contributed by atoms with Gasteiger partial charge in [-0.3, -0.25) is 9.98 Å². The van der Waals surface area contributed by atoms with E-state index in [4.69, 9.17) is 0 Å². The van der Waals surface area contributed by atoms with Gasteiger partial charge in [0.25, 0.3) is 0 Å². The number of aromatic hydroxyl groups is 2. The number of nitrogens with zero attached hydrogens (tertiary/aromatic N) is 4. The van der Waals surface area contributed by atoms with Crippen LogP contribution in [0.15, 0.2) is 70.6 Å². The van der Waals surface area contributed by atoms with E-state index in [-0.39, 0.29) is 11.5 Å². The minimum absolute atomic E-state index is 0.163. The van der Waals surface area contributed by atoms with Crippen LogP contribution >= 0.6 is 0 Å². The van der Waals surface area contributed by atoms with Crippen LogP contribution in [0, 0.1) is 0 Å². The molecule has 6 heteroatoms. The van der Waals surface area contributed by atoms with Gasteiger partial charge in [-0.25, -0.2) is 0 Å². The van der Waals surface area contributed by atoms with Crippen LogP contribution in [0.25, 0.3) is 0 Å². The molecular weight excluding hydrogens is 376 g/mol. The van der Waals surface area contributed by atoms with Gasteiger partial charge in [0.2, 0.25) is 0 Å². The van der Waals surface area contributed by atoms with Crippen molar-refractivity contribution in [1.82, 2.24) is 0 Å². The maximum Gasteiger partial charge on any atom is 0.124 e. The Kier molecular flexibility index (Phi) is 6.37. The average molecular weight is 402 g/mol. The van der Waals surface area contributed by atoms with Gasteiger partial charge in [0.05, 0.1) is 11.4 Å². The molecule has 0 saturated carbocycles. The van der Waals surface area contributed by atoms with Crippen molar-refractivity contribution in [1.29, 1.82) is 0 Å². The number of phenolic OH excluding ortho intramolecular Hbond substituents is 2. The Labute approximate surface area is 177 Å². The van der Waals surface area contributed by atoms with Gasteiger partial charge in [0.1, 0.15) is 11.5 Å². The maximum absolute atomic E-state index is 10.1. The van der Waals surface area contributed by atoms with Gasteiger partial charge in [0.15, 0.2) is 0 Å². The van der Waals surface area contributed by atoms with Crippen molar-refractivity contribution in [2.24, 2.45) is 9.98 Å². The second-order valence-electron chi connectivity index (χ2n) is 7.28. The Morgan fingerprint density at radius 3 is 1.40 bits per heavy atom. The molecule has 6 nitrogen and oxygen atoms in total. The topological polar surface area (TPSA) is 71.7 Å². The third kappa shape index (κ3) is 4.97. The molecule has 2 N–H and O–H groups in total. The van der Waals surface area contributed by atoms with Crippen LogP contribution in [0.5, 0.6) is 11.5 Å². The minimum atomic E-state index is 0.163. The zero-order valence-electron chi connectivity index (χ0n) is 17.6. The molecule has 0 unspecified atom stereocenters. The predicted octanol–water partition coefficient (Wildman–Crippen LogP) is 4.73. The molecule has 3 aromatic rings. The Balaban J connectivity index is 1.91. The van der Waals surface area contributed by atoms with Gasteiger partial charge >= 0.3 is 0 Å². The predicted molar refractivity (Wildman–Crippen MR) is 126 cm³/mol. The van der Waals surface area contributed by atoms with E-state index in [1.165, 1.54) is 0 Å². The van der Waals surface area contributed by atoms with Crippen LogP contribution in [0.2, 0.25) is 0 Å². The van der Waals surface area contributed by atoms with E-state index in [2.05, 4.69) is 9.98 Å². The van der Waals surface area contributed by atoms with Crippen molar-refractivity contribution in [3.8, 4) is 11.5 Å². The van der Waals surface area contributed by atoms with Gasteiger partial charge < -0.3 is 20.0 Å². The van der Waals surface area contributed by atoms with Gasteiger partial charge in [-0.1, -0.05) is 12.1 Å². The van der Waals surface area contributed by atoms with E-state index in [0.717, 1.165) is 11.4 Å². The average Bonchev–Trinajstić information content (AvgIpc) is 2.72. The number of phenols is 2. The molecule has 0 heterocycles. The van der Waals surface area contributed by atoms with E-state index in [1.54, 1.807) is 24.6 Å². The Morgan fingerprint density at radius 2 is 1.03 bits per heavy atom. The molecule has 3 aromatic carbocycles. The molecule has 0 spiro atoms. The third-order valence-corrected chi connectivity index (χ3v) is 4.62. The van der Waals surface area contributed by atoms with Crippen molar-refractivity contribution in [2.45, 2.75) is 0 Å². The molecule has 0 aliphatic carbocycles. The second kappa shape index (κ2) is 9.13. The van der Waals surface area contributed by atoms with Gasteiger partial charge in [-0.05, 0) is 48.5 Å². The van der Waals surface area contributed by atoms with Crippen molar-refractivity contribution in [2.75, 3.05) is 38.0 Å². The molecule has 0 amide bonds. The van der Waals surface area contributed by atoms with Crippen LogP contribution in [-0.4, -0.2) is 50.8 Å². The summed E-state index contributed by atoms with van der Waals surface area (Å²) in [6.07, 6.45) is 3.25. The smallest absolute Gasteiger partial charge is 0.124 e. The standard InChI is InChI=1S/C24H26N4O2/c1-27(2)19-9-11-23(29)17(13-19)15-25-21-7-5-6-8-22(21)26-16-18-14-20(28(3)4)10-12-24(18)30/h5-16,29-30H,1-4H3. The highest BCUT2D eigenvalue weighted by Gasteiger charge is 2.05. The molecule has 0 aliphatic heterocycles. The quantitative estimate of drug-likeness (QED) is 0.585. The summed E-state index contributed by atoms with van der Waals surface area (Å²) in [6, 6.07) is 18.2. The summed E-state index contributed by atoms with van der Waals surface area (Å²) >= 11 is 0. The molecule has 30 heavy (non-hydrogen) atoms. The minimum Gasteiger partial charge on any atom is -0.507 e. The van der Waals surface area contributed by atoms with E-state index >= 15 is 0 Å². The first kappa shape index (κ1) is 20.9. The van der Waals surface area contributed by atoms with Crippen molar-refractivity contribution >= 4 is 35.2 Å². The van der Waals surface area contributed by atoms with E-state index in [9.17, 15) is 10.2 Å². The SMILES string of the molecule is CN(C)c1ccc(O)c(C=Nc2ccccc2N=Cc2cc(N(C)C)ccc2O)c1. The third-order valence-electron chi connectivity index (χ3n) is 4.62. The number of rotatable bonds is 6. The fraction of sp³-hybridized carbons (Fsp3) is 0.167. The molecule has 0 fully saturated rings. The highest BCUT2D eigenvalue weighted by molar-refractivity contribution is 5.90. The van der Waals surface area contributed by atoms with Gasteiger partial charge in [-0.2, -0.15) is 0 Å². The van der Waals surface area contributed by atoms with Crippen molar-refractivity contribution < 1.29 is 10.2 Å².